The molecule has 5 nitrogen and oxygen atoms in total. The van der Waals surface area contributed by atoms with E-state index in [1.165, 1.54) is 41.9 Å². The molecule has 0 aliphatic rings. The van der Waals surface area contributed by atoms with Crippen molar-refractivity contribution in [3.63, 3.8) is 0 Å². The lowest BCUT2D eigenvalue weighted by molar-refractivity contribution is 0.335. The molecule has 1 heterocycles. The van der Waals surface area contributed by atoms with Crippen molar-refractivity contribution in [3.05, 3.63) is 10.5 Å². The van der Waals surface area contributed by atoms with Gasteiger partial charge in [0.25, 0.3) is 11.8 Å². The molecular formula is C13H24N2O3. The highest BCUT2D eigenvalue weighted by molar-refractivity contribution is 5.26. The molecule has 0 unspecified atom stereocenters. The lowest BCUT2D eigenvalue weighted by Gasteiger charge is -2.03. The van der Waals surface area contributed by atoms with Crippen LogP contribution in [-0.2, 0) is 13.6 Å². The first-order chi connectivity index (χ1) is 8.63. The Labute approximate surface area is 108 Å². The number of ether oxygens (including phenoxy) is 1. The molecule has 0 saturated heterocycles. The van der Waals surface area contributed by atoms with Crippen LogP contribution < -0.4 is 10.4 Å². The summed E-state index contributed by atoms with van der Waals surface area (Å²) in [7, 11) is 3.04. The first-order valence-electron chi connectivity index (χ1n) is 6.66. The topological polar surface area (TPSA) is 56.4 Å². The monoisotopic (exact) mass is 256 g/mol. The quantitative estimate of drug-likeness (QED) is 0.726. The van der Waals surface area contributed by atoms with E-state index in [0.717, 1.165) is 12.8 Å². The van der Waals surface area contributed by atoms with Gasteiger partial charge in [-0.3, -0.25) is 9.13 Å². The minimum absolute atomic E-state index is 0.0708. The minimum atomic E-state index is -0.224. The SMILES string of the molecule is CCCCCCCCn1c(O)c(OC)n(C)c1=O. The predicted molar refractivity (Wildman–Crippen MR) is 71.3 cm³/mol. The zero-order chi connectivity index (χ0) is 13.5. The van der Waals surface area contributed by atoms with Crippen molar-refractivity contribution in [3.8, 4) is 11.8 Å². The summed E-state index contributed by atoms with van der Waals surface area (Å²) in [5.41, 5.74) is -0.224. The van der Waals surface area contributed by atoms with E-state index < -0.39 is 0 Å². The highest BCUT2D eigenvalue weighted by Gasteiger charge is 2.16. The Morgan fingerprint density at radius 1 is 1.17 bits per heavy atom. The van der Waals surface area contributed by atoms with Crippen molar-refractivity contribution in [1.82, 2.24) is 9.13 Å². The van der Waals surface area contributed by atoms with E-state index >= 15 is 0 Å². The molecular weight excluding hydrogens is 232 g/mol. The number of aromatic nitrogens is 2. The van der Waals surface area contributed by atoms with Gasteiger partial charge >= 0.3 is 5.69 Å². The summed E-state index contributed by atoms with van der Waals surface area (Å²) in [6.07, 6.45) is 6.93. The van der Waals surface area contributed by atoms with Crippen LogP contribution in [-0.4, -0.2) is 21.4 Å². The van der Waals surface area contributed by atoms with Crippen LogP contribution in [0.1, 0.15) is 45.4 Å². The van der Waals surface area contributed by atoms with Gasteiger partial charge in [-0.15, -0.1) is 0 Å². The molecule has 1 aromatic rings. The molecule has 5 heteroatoms. The second-order valence-electron chi connectivity index (χ2n) is 4.59. The Bertz CT molecular complexity index is 421. The van der Waals surface area contributed by atoms with Crippen LogP contribution in [0.15, 0.2) is 4.79 Å². The summed E-state index contributed by atoms with van der Waals surface area (Å²) in [6, 6.07) is 0. The third kappa shape index (κ3) is 3.31. The van der Waals surface area contributed by atoms with Crippen LogP contribution in [0.5, 0.6) is 11.8 Å². The summed E-state index contributed by atoms with van der Waals surface area (Å²) >= 11 is 0. The maximum atomic E-state index is 11.8. The molecule has 0 aliphatic heterocycles. The number of imidazole rings is 1. The number of rotatable bonds is 8. The van der Waals surface area contributed by atoms with E-state index in [4.69, 9.17) is 4.74 Å². The van der Waals surface area contributed by atoms with E-state index in [2.05, 4.69) is 6.92 Å². The zero-order valence-corrected chi connectivity index (χ0v) is 11.6. The van der Waals surface area contributed by atoms with Gasteiger partial charge in [0.1, 0.15) is 0 Å². The molecule has 0 spiro atoms. The van der Waals surface area contributed by atoms with E-state index in [1.807, 2.05) is 0 Å². The standard InChI is InChI=1S/C13H24N2O3/c1-4-5-6-7-8-9-10-15-11(16)12(18-3)14(2)13(15)17/h16H,4-10H2,1-3H3. The van der Waals surface area contributed by atoms with Crippen LogP contribution in [0.25, 0.3) is 0 Å². The average molecular weight is 256 g/mol. The number of aromatic hydroxyl groups is 1. The van der Waals surface area contributed by atoms with Gasteiger partial charge < -0.3 is 9.84 Å². The lowest BCUT2D eigenvalue weighted by atomic mass is 10.1. The fraction of sp³-hybridized carbons (Fsp3) is 0.769. The largest absolute Gasteiger partial charge is 0.491 e. The molecule has 0 saturated carbocycles. The van der Waals surface area contributed by atoms with Gasteiger partial charge in [0.2, 0.25) is 0 Å². The Kier molecular flexibility index (Phi) is 5.82. The Morgan fingerprint density at radius 2 is 1.78 bits per heavy atom. The third-order valence-corrected chi connectivity index (χ3v) is 3.20. The van der Waals surface area contributed by atoms with Gasteiger partial charge in [0.05, 0.1) is 7.11 Å². The van der Waals surface area contributed by atoms with Crippen molar-refractivity contribution < 1.29 is 9.84 Å². The van der Waals surface area contributed by atoms with Crippen molar-refractivity contribution in [1.29, 1.82) is 0 Å². The molecule has 1 aromatic heterocycles. The number of hydrogen-bond donors (Lipinski definition) is 1. The molecule has 0 aliphatic carbocycles. The molecule has 1 N–H and O–H groups in total. The zero-order valence-electron chi connectivity index (χ0n) is 11.6. The summed E-state index contributed by atoms with van der Waals surface area (Å²) in [4.78, 5) is 11.8. The molecule has 0 amide bonds. The van der Waals surface area contributed by atoms with Crippen LogP contribution >= 0.6 is 0 Å². The molecule has 0 fully saturated rings. The predicted octanol–water partition coefficient (Wildman–Crippen LogP) is 2.26. The van der Waals surface area contributed by atoms with Crippen LogP contribution in [0.2, 0.25) is 0 Å². The van der Waals surface area contributed by atoms with E-state index in [9.17, 15) is 9.90 Å². The maximum absolute atomic E-state index is 11.8. The van der Waals surface area contributed by atoms with Gasteiger partial charge in [-0.25, -0.2) is 4.79 Å². The molecule has 18 heavy (non-hydrogen) atoms. The van der Waals surface area contributed by atoms with Gasteiger partial charge in [0, 0.05) is 13.6 Å². The summed E-state index contributed by atoms with van der Waals surface area (Å²) in [6.45, 7) is 2.74. The molecule has 0 bridgehead atoms. The van der Waals surface area contributed by atoms with Crippen LogP contribution in [0.3, 0.4) is 0 Å². The summed E-state index contributed by atoms with van der Waals surface area (Å²) < 4.78 is 7.69. The normalized spacial score (nSPS) is 10.8. The van der Waals surface area contributed by atoms with Crippen LogP contribution in [0, 0.1) is 0 Å². The van der Waals surface area contributed by atoms with Crippen molar-refractivity contribution in [2.24, 2.45) is 7.05 Å². The van der Waals surface area contributed by atoms with Crippen molar-refractivity contribution >= 4 is 0 Å². The van der Waals surface area contributed by atoms with Gasteiger partial charge in [-0.1, -0.05) is 39.0 Å². The highest BCUT2D eigenvalue weighted by atomic mass is 16.5. The average Bonchev–Trinajstić information content (AvgIpc) is 2.56. The maximum Gasteiger partial charge on any atom is 0.333 e. The van der Waals surface area contributed by atoms with E-state index in [-0.39, 0.29) is 17.4 Å². The number of methoxy groups -OCH3 is 1. The molecule has 0 aromatic carbocycles. The third-order valence-electron chi connectivity index (χ3n) is 3.20. The van der Waals surface area contributed by atoms with Crippen LogP contribution in [0.4, 0.5) is 0 Å². The van der Waals surface area contributed by atoms with Gasteiger partial charge in [-0.2, -0.15) is 0 Å². The van der Waals surface area contributed by atoms with Gasteiger partial charge in [-0.05, 0) is 6.42 Å². The second-order valence-corrected chi connectivity index (χ2v) is 4.59. The Morgan fingerprint density at radius 3 is 2.33 bits per heavy atom. The lowest BCUT2D eigenvalue weighted by Crippen LogP contribution is -2.22. The molecule has 0 radical (unpaired) electrons. The fourth-order valence-electron chi connectivity index (χ4n) is 2.10. The van der Waals surface area contributed by atoms with Crippen molar-refractivity contribution in [2.75, 3.05) is 7.11 Å². The fourth-order valence-corrected chi connectivity index (χ4v) is 2.10. The minimum Gasteiger partial charge on any atom is -0.491 e. The number of unbranched alkanes of at least 4 members (excludes halogenated alkanes) is 5. The summed E-state index contributed by atoms with van der Waals surface area (Å²) in [5, 5.41) is 9.85. The van der Waals surface area contributed by atoms with Gasteiger partial charge in [0.15, 0.2) is 0 Å². The molecule has 1 rings (SSSR count). The number of nitrogens with zero attached hydrogens (tertiary/aromatic N) is 2. The Hall–Kier alpha value is -1.39. The highest BCUT2D eigenvalue weighted by Crippen LogP contribution is 2.23. The molecule has 0 atom stereocenters. The number of hydrogen-bond acceptors (Lipinski definition) is 3. The Balaban J connectivity index is 2.50. The first-order valence-corrected chi connectivity index (χ1v) is 6.66. The smallest absolute Gasteiger partial charge is 0.333 e. The summed E-state index contributed by atoms with van der Waals surface area (Å²) in [5.74, 6) is 0.157. The molecule has 104 valence electrons. The van der Waals surface area contributed by atoms with E-state index in [1.54, 1.807) is 7.05 Å². The van der Waals surface area contributed by atoms with E-state index in [0.29, 0.717) is 6.54 Å². The van der Waals surface area contributed by atoms with Crippen molar-refractivity contribution in [2.45, 2.75) is 52.0 Å². The second kappa shape index (κ2) is 7.13. The first kappa shape index (κ1) is 14.7.